The molecule has 0 aliphatic carbocycles. The summed E-state index contributed by atoms with van der Waals surface area (Å²) in [5.74, 6) is -0.841. The summed E-state index contributed by atoms with van der Waals surface area (Å²) in [6.07, 6.45) is 1.37. The fraction of sp³-hybridized carbons (Fsp3) is 0.238. The van der Waals surface area contributed by atoms with Crippen LogP contribution in [-0.4, -0.2) is 23.8 Å². The van der Waals surface area contributed by atoms with Crippen LogP contribution in [0, 0.1) is 5.82 Å². The molecule has 1 N–H and O–H groups in total. The number of nitrogens with one attached hydrogen (secondary N) is 1. The average Bonchev–Trinajstić information content (AvgIpc) is 2.73. The Balaban J connectivity index is 2.04. The van der Waals surface area contributed by atoms with Crippen LogP contribution in [-0.2, 0) is 9.53 Å². The Morgan fingerprint density at radius 1 is 1.22 bits per heavy atom. The van der Waals surface area contributed by atoms with E-state index in [1.54, 1.807) is 57.2 Å². The second kappa shape index (κ2) is 7.53. The highest BCUT2D eigenvalue weighted by atomic mass is 35.5. The second-order valence-electron chi connectivity index (χ2n) is 7.16. The van der Waals surface area contributed by atoms with Gasteiger partial charge < -0.3 is 10.1 Å². The lowest BCUT2D eigenvalue weighted by Crippen LogP contribution is -2.23. The second-order valence-corrected chi connectivity index (χ2v) is 7.60. The van der Waals surface area contributed by atoms with Gasteiger partial charge in [-0.1, -0.05) is 23.7 Å². The highest BCUT2D eigenvalue weighted by Crippen LogP contribution is 2.28. The van der Waals surface area contributed by atoms with Gasteiger partial charge in [0.25, 0.3) is 0 Å². The van der Waals surface area contributed by atoms with Crippen LogP contribution < -0.4 is 5.32 Å². The van der Waals surface area contributed by atoms with Crippen LogP contribution in [0.1, 0.15) is 31.9 Å². The largest absolute Gasteiger partial charge is 0.457 e. The number of benzene rings is 2. The van der Waals surface area contributed by atoms with Crippen molar-refractivity contribution in [2.24, 2.45) is 4.99 Å². The number of rotatable bonds is 2. The van der Waals surface area contributed by atoms with Gasteiger partial charge in [0.2, 0.25) is 0 Å². The van der Waals surface area contributed by atoms with Crippen LogP contribution in [0.4, 0.5) is 10.1 Å². The van der Waals surface area contributed by atoms with Gasteiger partial charge in [-0.2, -0.15) is 0 Å². The first-order valence-electron chi connectivity index (χ1n) is 8.53. The van der Waals surface area contributed by atoms with Crippen molar-refractivity contribution in [1.29, 1.82) is 0 Å². The molecule has 6 heteroatoms. The molecule has 0 saturated heterocycles. The van der Waals surface area contributed by atoms with E-state index in [1.807, 2.05) is 0 Å². The molecule has 1 aliphatic rings. The monoisotopic (exact) mass is 386 g/mol. The van der Waals surface area contributed by atoms with Gasteiger partial charge in [-0.15, -0.1) is 0 Å². The van der Waals surface area contributed by atoms with Crippen molar-refractivity contribution < 1.29 is 13.9 Å². The van der Waals surface area contributed by atoms with Gasteiger partial charge in [-0.05, 0) is 51.1 Å². The maximum absolute atomic E-state index is 14.4. The van der Waals surface area contributed by atoms with Crippen molar-refractivity contribution in [3.05, 3.63) is 76.2 Å². The van der Waals surface area contributed by atoms with Crippen LogP contribution in [0.15, 0.2) is 59.2 Å². The van der Waals surface area contributed by atoms with Crippen LogP contribution >= 0.6 is 11.6 Å². The smallest absolute Gasteiger partial charge is 0.333 e. The van der Waals surface area contributed by atoms with Crippen molar-refractivity contribution in [3.8, 4) is 0 Å². The Morgan fingerprint density at radius 2 is 1.96 bits per heavy atom. The summed E-state index contributed by atoms with van der Waals surface area (Å²) in [6.45, 7) is 5.58. The molecule has 0 radical (unpaired) electrons. The van der Waals surface area contributed by atoms with E-state index in [2.05, 4.69) is 10.3 Å². The van der Waals surface area contributed by atoms with Crippen molar-refractivity contribution >= 4 is 29.0 Å². The molecular formula is C21H20ClFN2O2. The summed E-state index contributed by atoms with van der Waals surface area (Å²) in [6, 6.07) is 11.7. The lowest BCUT2D eigenvalue weighted by Gasteiger charge is -2.18. The first kappa shape index (κ1) is 19.1. The minimum atomic E-state index is -0.591. The van der Waals surface area contributed by atoms with Crippen LogP contribution in [0.25, 0.3) is 0 Å². The SMILES string of the molecule is CC(C)(C)OC(=O)C=C1CN=C(c2ccccc2F)c2cc(Cl)ccc2N1. The summed E-state index contributed by atoms with van der Waals surface area (Å²) in [4.78, 5) is 16.7. The maximum atomic E-state index is 14.4. The standard InChI is InChI=1S/C21H20ClFN2O2/c1-21(2,3)27-19(26)11-14-12-24-20(15-6-4-5-7-17(15)23)16-10-13(22)8-9-18(16)25-14/h4-11,25H,12H2,1-3H3. The molecule has 3 rings (SSSR count). The van der Waals surface area contributed by atoms with Crippen molar-refractivity contribution in [2.75, 3.05) is 11.9 Å². The zero-order valence-electron chi connectivity index (χ0n) is 15.3. The van der Waals surface area contributed by atoms with Crippen molar-refractivity contribution in [2.45, 2.75) is 26.4 Å². The predicted octanol–water partition coefficient (Wildman–Crippen LogP) is 4.97. The molecule has 0 fully saturated rings. The number of carbonyl (C=O) groups is 1. The van der Waals surface area contributed by atoms with Crippen LogP contribution in [0.5, 0.6) is 0 Å². The minimum absolute atomic E-state index is 0.176. The van der Waals surface area contributed by atoms with Gasteiger partial charge in [0.05, 0.1) is 12.3 Å². The zero-order valence-corrected chi connectivity index (χ0v) is 16.1. The van der Waals surface area contributed by atoms with Gasteiger partial charge in [-0.25, -0.2) is 9.18 Å². The first-order valence-corrected chi connectivity index (χ1v) is 8.90. The Morgan fingerprint density at radius 3 is 2.67 bits per heavy atom. The van der Waals surface area contributed by atoms with Crippen molar-refractivity contribution in [3.63, 3.8) is 0 Å². The first-order chi connectivity index (χ1) is 12.7. The number of halogens is 2. The highest BCUT2D eigenvalue weighted by Gasteiger charge is 2.21. The number of ether oxygens (including phenoxy) is 1. The van der Waals surface area contributed by atoms with Gasteiger partial charge >= 0.3 is 5.97 Å². The number of hydrogen-bond acceptors (Lipinski definition) is 4. The number of aliphatic imine (C=N–C) groups is 1. The van der Waals surface area contributed by atoms with Crippen LogP contribution in [0.3, 0.4) is 0 Å². The quantitative estimate of drug-likeness (QED) is 0.585. The van der Waals surface area contributed by atoms with E-state index in [0.29, 0.717) is 33.2 Å². The van der Waals surface area contributed by atoms with E-state index in [9.17, 15) is 9.18 Å². The summed E-state index contributed by atoms with van der Waals surface area (Å²) < 4.78 is 19.7. The fourth-order valence-corrected chi connectivity index (χ4v) is 2.89. The number of hydrogen-bond donors (Lipinski definition) is 1. The average molecular weight is 387 g/mol. The number of anilines is 1. The van der Waals surface area contributed by atoms with Crippen molar-refractivity contribution in [1.82, 2.24) is 0 Å². The molecule has 0 spiro atoms. The van der Waals surface area contributed by atoms with Crippen LogP contribution in [0.2, 0.25) is 5.02 Å². The Kier molecular flexibility index (Phi) is 5.33. The molecule has 0 aromatic heterocycles. The lowest BCUT2D eigenvalue weighted by atomic mass is 10.00. The molecule has 0 bridgehead atoms. The molecule has 2 aromatic carbocycles. The summed E-state index contributed by atoms with van der Waals surface area (Å²) in [5.41, 5.74) is 2.17. The van der Waals surface area contributed by atoms with E-state index < -0.39 is 11.6 Å². The Hall–Kier alpha value is -2.66. The minimum Gasteiger partial charge on any atom is -0.457 e. The Labute approximate surface area is 162 Å². The third kappa shape index (κ3) is 4.74. The highest BCUT2D eigenvalue weighted by molar-refractivity contribution is 6.31. The predicted molar refractivity (Wildman–Crippen MR) is 106 cm³/mol. The normalized spacial score (nSPS) is 15.4. The van der Waals surface area contributed by atoms with E-state index >= 15 is 0 Å². The molecule has 0 saturated carbocycles. The van der Waals surface area contributed by atoms with E-state index in [1.165, 1.54) is 12.1 Å². The zero-order chi connectivity index (χ0) is 19.6. The molecule has 1 aliphatic heterocycles. The third-order valence-corrected chi connectivity index (χ3v) is 4.00. The number of benzodiazepines with no additional fused rings is 1. The molecule has 1 heterocycles. The molecule has 2 aromatic rings. The number of carbonyl (C=O) groups excluding carboxylic acids is 1. The van der Waals surface area contributed by atoms with E-state index in [4.69, 9.17) is 16.3 Å². The van der Waals surface area contributed by atoms with Gasteiger partial charge in [-0.3, -0.25) is 4.99 Å². The van der Waals surface area contributed by atoms with E-state index in [-0.39, 0.29) is 12.4 Å². The molecular weight excluding hydrogens is 367 g/mol. The molecule has 0 unspecified atom stereocenters. The Bertz CT molecular complexity index is 945. The molecule has 0 atom stereocenters. The maximum Gasteiger partial charge on any atom is 0.333 e. The third-order valence-electron chi connectivity index (χ3n) is 3.77. The fourth-order valence-electron chi connectivity index (χ4n) is 2.72. The van der Waals surface area contributed by atoms with Gasteiger partial charge in [0.1, 0.15) is 11.4 Å². The molecule has 0 amide bonds. The van der Waals surface area contributed by atoms with E-state index in [0.717, 1.165) is 0 Å². The summed E-state index contributed by atoms with van der Waals surface area (Å²) in [7, 11) is 0. The van der Waals surface area contributed by atoms with Gasteiger partial charge in [0, 0.05) is 33.6 Å². The topological polar surface area (TPSA) is 50.7 Å². The summed E-state index contributed by atoms with van der Waals surface area (Å²) in [5, 5.41) is 3.70. The summed E-state index contributed by atoms with van der Waals surface area (Å²) >= 11 is 6.15. The number of esters is 1. The number of fused-ring (bicyclic) bond motifs is 1. The number of nitrogens with zero attached hydrogens (tertiary/aromatic N) is 1. The van der Waals surface area contributed by atoms with Gasteiger partial charge in [0.15, 0.2) is 0 Å². The molecule has 4 nitrogen and oxygen atoms in total. The lowest BCUT2D eigenvalue weighted by molar-refractivity contribution is -0.148. The molecule has 27 heavy (non-hydrogen) atoms. The molecule has 140 valence electrons.